The molecule has 1 aromatic rings. The van der Waals surface area contributed by atoms with E-state index in [1.165, 1.54) is 5.56 Å². The van der Waals surface area contributed by atoms with Gasteiger partial charge in [-0.25, -0.2) is 0 Å². The topological polar surface area (TPSA) is 29.5 Å². The van der Waals surface area contributed by atoms with Gasteiger partial charge in [-0.2, -0.15) is 0 Å². The van der Waals surface area contributed by atoms with Gasteiger partial charge in [-0.3, -0.25) is 4.79 Å². The van der Waals surface area contributed by atoms with Gasteiger partial charge in [0.25, 0.3) is 5.91 Å². The standard InChI is InChI=1S/C16H21NO2/c1-12-6-8-17(9-7-12)16(18)14-4-5-15-13(11-14)3-2-10-19-15/h4-5,11-12H,2-3,6-10H2,1H3. The summed E-state index contributed by atoms with van der Waals surface area (Å²) in [6, 6.07) is 5.88. The average Bonchev–Trinajstić information content (AvgIpc) is 2.47. The van der Waals surface area contributed by atoms with E-state index in [1.54, 1.807) is 0 Å². The molecule has 0 spiro atoms. The highest BCUT2D eigenvalue weighted by Gasteiger charge is 2.22. The number of ether oxygens (including phenoxy) is 1. The minimum Gasteiger partial charge on any atom is -0.493 e. The first-order chi connectivity index (χ1) is 9.24. The summed E-state index contributed by atoms with van der Waals surface area (Å²) in [5.41, 5.74) is 2.00. The van der Waals surface area contributed by atoms with E-state index in [2.05, 4.69) is 6.92 Å². The number of carbonyl (C=O) groups is 1. The Morgan fingerprint density at radius 1 is 1.32 bits per heavy atom. The van der Waals surface area contributed by atoms with Crippen LogP contribution in [0, 0.1) is 5.92 Å². The first kappa shape index (κ1) is 12.5. The van der Waals surface area contributed by atoms with E-state index in [1.807, 2.05) is 23.1 Å². The third kappa shape index (κ3) is 2.60. The van der Waals surface area contributed by atoms with E-state index >= 15 is 0 Å². The fourth-order valence-electron chi connectivity index (χ4n) is 2.89. The second-order valence-electron chi connectivity index (χ2n) is 5.75. The van der Waals surface area contributed by atoms with Crippen molar-refractivity contribution in [1.29, 1.82) is 0 Å². The highest BCUT2D eigenvalue weighted by Crippen LogP contribution is 2.26. The molecule has 19 heavy (non-hydrogen) atoms. The summed E-state index contributed by atoms with van der Waals surface area (Å²) in [6.45, 7) is 4.85. The fraction of sp³-hybridized carbons (Fsp3) is 0.562. The van der Waals surface area contributed by atoms with Crippen molar-refractivity contribution >= 4 is 5.91 Å². The van der Waals surface area contributed by atoms with Crippen LogP contribution in [0.3, 0.4) is 0 Å². The van der Waals surface area contributed by atoms with Crippen molar-refractivity contribution in [2.75, 3.05) is 19.7 Å². The molecule has 2 aliphatic heterocycles. The summed E-state index contributed by atoms with van der Waals surface area (Å²) in [5.74, 6) is 1.89. The van der Waals surface area contributed by atoms with Crippen molar-refractivity contribution in [2.24, 2.45) is 5.92 Å². The summed E-state index contributed by atoms with van der Waals surface area (Å²) in [5, 5.41) is 0. The van der Waals surface area contributed by atoms with Crippen LogP contribution in [0.1, 0.15) is 42.1 Å². The van der Waals surface area contributed by atoms with E-state index in [-0.39, 0.29) is 5.91 Å². The molecule has 2 heterocycles. The van der Waals surface area contributed by atoms with Crippen molar-refractivity contribution in [3.8, 4) is 5.75 Å². The molecule has 0 aromatic heterocycles. The van der Waals surface area contributed by atoms with E-state index in [9.17, 15) is 4.79 Å². The first-order valence-corrected chi connectivity index (χ1v) is 7.29. The summed E-state index contributed by atoms with van der Waals surface area (Å²) in [4.78, 5) is 14.5. The number of amides is 1. The number of hydrogen-bond acceptors (Lipinski definition) is 2. The number of fused-ring (bicyclic) bond motifs is 1. The Bertz CT molecular complexity index is 476. The predicted octanol–water partition coefficient (Wildman–Crippen LogP) is 2.88. The molecule has 0 saturated carbocycles. The molecule has 0 bridgehead atoms. The molecule has 102 valence electrons. The van der Waals surface area contributed by atoms with E-state index in [0.717, 1.165) is 62.6 Å². The van der Waals surface area contributed by atoms with Crippen molar-refractivity contribution in [2.45, 2.75) is 32.6 Å². The van der Waals surface area contributed by atoms with Gasteiger partial charge in [-0.15, -0.1) is 0 Å². The molecule has 3 heteroatoms. The highest BCUT2D eigenvalue weighted by atomic mass is 16.5. The van der Waals surface area contributed by atoms with Crippen LogP contribution < -0.4 is 4.74 Å². The number of hydrogen-bond donors (Lipinski definition) is 0. The molecule has 0 unspecified atom stereocenters. The number of benzene rings is 1. The highest BCUT2D eigenvalue weighted by molar-refractivity contribution is 5.94. The van der Waals surface area contributed by atoms with Crippen LogP contribution in [0.4, 0.5) is 0 Å². The van der Waals surface area contributed by atoms with Crippen molar-refractivity contribution in [1.82, 2.24) is 4.90 Å². The lowest BCUT2D eigenvalue weighted by molar-refractivity contribution is 0.0697. The molecule has 1 saturated heterocycles. The largest absolute Gasteiger partial charge is 0.493 e. The monoisotopic (exact) mass is 259 g/mol. The molecule has 2 aliphatic rings. The summed E-state index contributed by atoms with van der Waals surface area (Å²) in [7, 11) is 0. The van der Waals surface area contributed by atoms with Crippen molar-refractivity contribution in [3.63, 3.8) is 0 Å². The third-order valence-corrected chi connectivity index (χ3v) is 4.23. The van der Waals surface area contributed by atoms with Crippen LogP contribution in [-0.2, 0) is 6.42 Å². The zero-order valence-corrected chi connectivity index (χ0v) is 11.5. The molecule has 1 aromatic carbocycles. The second-order valence-corrected chi connectivity index (χ2v) is 5.75. The Morgan fingerprint density at radius 2 is 2.11 bits per heavy atom. The number of piperidine rings is 1. The lowest BCUT2D eigenvalue weighted by Gasteiger charge is -2.30. The maximum absolute atomic E-state index is 12.5. The van der Waals surface area contributed by atoms with Crippen LogP contribution >= 0.6 is 0 Å². The van der Waals surface area contributed by atoms with Gasteiger partial charge in [-0.05, 0) is 55.4 Å². The van der Waals surface area contributed by atoms with Crippen molar-refractivity contribution in [3.05, 3.63) is 29.3 Å². The quantitative estimate of drug-likeness (QED) is 0.776. The SMILES string of the molecule is CC1CCN(C(=O)c2ccc3c(c2)CCCO3)CC1. The Morgan fingerprint density at radius 3 is 2.89 bits per heavy atom. The van der Waals surface area contributed by atoms with Gasteiger partial charge >= 0.3 is 0 Å². The van der Waals surface area contributed by atoms with Crippen molar-refractivity contribution < 1.29 is 9.53 Å². The van der Waals surface area contributed by atoms with Gasteiger partial charge in [0, 0.05) is 18.7 Å². The molecular formula is C16H21NO2. The van der Waals surface area contributed by atoms with Crippen LogP contribution in [0.5, 0.6) is 5.75 Å². The lowest BCUT2D eigenvalue weighted by Crippen LogP contribution is -2.37. The van der Waals surface area contributed by atoms with E-state index < -0.39 is 0 Å². The Kier molecular flexibility index (Phi) is 3.45. The molecule has 0 N–H and O–H groups in total. The van der Waals surface area contributed by atoms with Crippen LogP contribution in [0.25, 0.3) is 0 Å². The predicted molar refractivity (Wildman–Crippen MR) is 74.6 cm³/mol. The number of likely N-dealkylation sites (tertiary alicyclic amines) is 1. The molecule has 3 nitrogen and oxygen atoms in total. The lowest BCUT2D eigenvalue weighted by atomic mass is 9.98. The Balaban J connectivity index is 1.76. The average molecular weight is 259 g/mol. The Labute approximate surface area is 114 Å². The molecular weight excluding hydrogens is 238 g/mol. The summed E-state index contributed by atoms with van der Waals surface area (Å²) in [6.07, 6.45) is 4.32. The van der Waals surface area contributed by atoms with E-state index in [4.69, 9.17) is 4.74 Å². The first-order valence-electron chi connectivity index (χ1n) is 7.29. The number of carbonyl (C=O) groups excluding carboxylic acids is 1. The maximum atomic E-state index is 12.5. The second kappa shape index (κ2) is 5.24. The molecule has 1 fully saturated rings. The van der Waals surface area contributed by atoms with Gasteiger partial charge in [-0.1, -0.05) is 6.92 Å². The van der Waals surface area contributed by atoms with Gasteiger partial charge in [0.1, 0.15) is 5.75 Å². The molecule has 1 amide bonds. The normalized spacial score (nSPS) is 19.7. The molecule has 0 radical (unpaired) electrons. The zero-order valence-electron chi connectivity index (χ0n) is 11.5. The number of nitrogens with zero attached hydrogens (tertiary/aromatic N) is 1. The molecule has 3 rings (SSSR count). The fourth-order valence-corrected chi connectivity index (χ4v) is 2.89. The smallest absolute Gasteiger partial charge is 0.253 e. The van der Waals surface area contributed by atoms with Gasteiger partial charge in [0.05, 0.1) is 6.61 Å². The minimum atomic E-state index is 0.181. The van der Waals surface area contributed by atoms with Gasteiger partial charge in [0.15, 0.2) is 0 Å². The van der Waals surface area contributed by atoms with Gasteiger partial charge in [0.2, 0.25) is 0 Å². The summed E-state index contributed by atoms with van der Waals surface area (Å²) >= 11 is 0. The molecule has 0 atom stereocenters. The van der Waals surface area contributed by atoms with E-state index in [0.29, 0.717) is 0 Å². The Hall–Kier alpha value is -1.51. The number of rotatable bonds is 1. The molecule has 0 aliphatic carbocycles. The van der Waals surface area contributed by atoms with Crippen LogP contribution in [0.15, 0.2) is 18.2 Å². The number of aryl methyl sites for hydroxylation is 1. The zero-order chi connectivity index (χ0) is 13.2. The van der Waals surface area contributed by atoms with Crippen LogP contribution in [-0.4, -0.2) is 30.5 Å². The third-order valence-electron chi connectivity index (χ3n) is 4.23. The maximum Gasteiger partial charge on any atom is 0.253 e. The van der Waals surface area contributed by atoms with Crippen LogP contribution in [0.2, 0.25) is 0 Å². The van der Waals surface area contributed by atoms with Gasteiger partial charge < -0.3 is 9.64 Å². The summed E-state index contributed by atoms with van der Waals surface area (Å²) < 4.78 is 5.59. The minimum absolute atomic E-state index is 0.181.